The minimum Gasteiger partial charge on any atom is -0.490 e. The maximum atomic E-state index is 12.2. The van der Waals surface area contributed by atoms with Crippen molar-refractivity contribution in [2.45, 2.75) is 40.5 Å². The lowest BCUT2D eigenvalue weighted by Gasteiger charge is -2.21. The van der Waals surface area contributed by atoms with Crippen LogP contribution in [0.25, 0.3) is 0 Å². The van der Waals surface area contributed by atoms with Crippen LogP contribution in [0.15, 0.2) is 18.2 Å². The van der Waals surface area contributed by atoms with Gasteiger partial charge in [-0.3, -0.25) is 4.79 Å². The Morgan fingerprint density at radius 1 is 1.14 bits per heavy atom. The van der Waals surface area contributed by atoms with Crippen molar-refractivity contribution in [3.63, 3.8) is 0 Å². The predicted octanol–water partition coefficient (Wildman–Crippen LogP) is 3.19. The highest BCUT2D eigenvalue weighted by atomic mass is 16.5. The Hall–Kier alpha value is -1.75. The third kappa shape index (κ3) is 5.22. The zero-order chi connectivity index (χ0) is 16.6. The molecule has 0 bridgehead atoms. The highest BCUT2D eigenvalue weighted by Crippen LogP contribution is 2.31. The average molecular weight is 308 g/mol. The Labute approximate surface area is 133 Å². The summed E-state index contributed by atoms with van der Waals surface area (Å²) in [7, 11) is 0. The van der Waals surface area contributed by atoms with Gasteiger partial charge < -0.3 is 20.5 Å². The maximum Gasteiger partial charge on any atom is 0.231 e. The maximum absolute atomic E-state index is 12.2. The molecule has 0 saturated carbocycles. The molecule has 3 N–H and O–H groups in total. The molecule has 0 fully saturated rings. The summed E-state index contributed by atoms with van der Waals surface area (Å²) in [5.41, 5.74) is 5.70. The van der Waals surface area contributed by atoms with Crippen molar-refractivity contribution in [3.05, 3.63) is 18.2 Å². The third-order valence-electron chi connectivity index (χ3n) is 3.25. The highest BCUT2D eigenvalue weighted by molar-refractivity contribution is 5.95. The van der Waals surface area contributed by atoms with Crippen molar-refractivity contribution in [1.82, 2.24) is 0 Å². The van der Waals surface area contributed by atoms with E-state index in [0.29, 0.717) is 30.4 Å². The van der Waals surface area contributed by atoms with E-state index >= 15 is 0 Å². The van der Waals surface area contributed by atoms with Gasteiger partial charge >= 0.3 is 0 Å². The fourth-order valence-corrected chi connectivity index (χ4v) is 1.63. The number of nitrogens with two attached hydrogens (primary N) is 1. The highest BCUT2D eigenvalue weighted by Gasteiger charge is 2.26. The van der Waals surface area contributed by atoms with Crippen LogP contribution in [-0.4, -0.2) is 25.7 Å². The molecule has 1 aromatic carbocycles. The quantitative estimate of drug-likeness (QED) is 0.735. The molecule has 0 radical (unpaired) electrons. The van der Waals surface area contributed by atoms with Crippen molar-refractivity contribution in [2.75, 3.05) is 25.1 Å². The molecule has 0 aromatic heterocycles. The molecule has 0 aliphatic carbocycles. The number of rotatable bonds is 9. The number of ether oxygens (including phenoxy) is 2. The SMILES string of the molecule is CCCOc1ccc(NC(=O)C(C)(C)CN)cc1OCCC. The fraction of sp³-hybridized carbons (Fsp3) is 0.588. The molecule has 22 heavy (non-hydrogen) atoms. The Morgan fingerprint density at radius 2 is 1.73 bits per heavy atom. The third-order valence-corrected chi connectivity index (χ3v) is 3.25. The Kier molecular flexibility index (Phi) is 7.18. The summed E-state index contributed by atoms with van der Waals surface area (Å²) in [4.78, 5) is 12.2. The van der Waals surface area contributed by atoms with Crippen LogP contribution in [0.3, 0.4) is 0 Å². The van der Waals surface area contributed by atoms with Gasteiger partial charge in [0, 0.05) is 18.3 Å². The lowest BCUT2D eigenvalue weighted by atomic mass is 9.92. The van der Waals surface area contributed by atoms with Gasteiger partial charge in [-0.2, -0.15) is 0 Å². The molecule has 1 rings (SSSR count). The molecule has 0 unspecified atom stereocenters. The van der Waals surface area contributed by atoms with Gasteiger partial charge in [0.1, 0.15) is 0 Å². The summed E-state index contributed by atoms with van der Waals surface area (Å²) in [6.07, 6.45) is 1.83. The molecule has 0 aliphatic rings. The molecule has 0 saturated heterocycles. The van der Waals surface area contributed by atoms with Crippen LogP contribution in [0.1, 0.15) is 40.5 Å². The predicted molar refractivity (Wildman–Crippen MR) is 89.5 cm³/mol. The fourth-order valence-electron chi connectivity index (χ4n) is 1.63. The lowest BCUT2D eigenvalue weighted by Crippen LogP contribution is -2.37. The summed E-state index contributed by atoms with van der Waals surface area (Å²) in [5.74, 6) is 1.24. The lowest BCUT2D eigenvalue weighted by molar-refractivity contribution is -0.123. The number of carbonyl (C=O) groups is 1. The molecule has 0 spiro atoms. The van der Waals surface area contributed by atoms with Crippen LogP contribution in [0, 0.1) is 5.41 Å². The number of hydrogen-bond acceptors (Lipinski definition) is 4. The first-order valence-electron chi connectivity index (χ1n) is 7.85. The van der Waals surface area contributed by atoms with Gasteiger partial charge in [-0.05, 0) is 38.8 Å². The van der Waals surface area contributed by atoms with Gasteiger partial charge in [0.05, 0.1) is 18.6 Å². The number of anilines is 1. The Balaban J connectivity index is 2.90. The van der Waals surface area contributed by atoms with E-state index in [4.69, 9.17) is 15.2 Å². The van der Waals surface area contributed by atoms with Gasteiger partial charge in [-0.25, -0.2) is 0 Å². The van der Waals surface area contributed by atoms with E-state index in [9.17, 15) is 4.79 Å². The first kappa shape index (κ1) is 18.3. The molecular formula is C17H28N2O3. The second-order valence-corrected chi connectivity index (χ2v) is 5.90. The second-order valence-electron chi connectivity index (χ2n) is 5.90. The monoisotopic (exact) mass is 308 g/mol. The van der Waals surface area contributed by atoms with E-state index in [-0.39, 0.29) is 12.5 Å². The van der Waals surface area contributed by atoms with E-state index < -0.39 is 5.41 Å². The zero-order valence-corrected chi connectivity index (χ0v) is 14.1. The van der Waals surface area contributed by atoms with Crippen molar-refractivity contribution in [3.8, 4) is 11.5 Å². The number of amides is 1. The molecule has 124 valence electrons. The molecule has 5 heteroatoms. The largest absolute Gasteiger partial charge is 0.490 e. The van der Waals surface area contributed by atoms with Gasteiger partial charge in [-0.1, -0.05) is 13.8 Å². The summed E-state index contributed by atoms with van der Waals surface area (Å²) in [6, 6.07) is 5.44. The van der Waals surface area contributed by atoms with Gasteiger partial charge in [0.15, 0.2) is 11.5 Å². The molecule has 0 atom stereocenters. The van der Waals surface area contributed by atoms with Gasteiger partial charge in [-0.15, -0.1) is 0 Å². The molecule has 5 nitrogen and oxygen atoms in total. The summed E-state index contributed by atoms with van der Waals surface area (Å²) < 4.78 is 11.4. The van der Waals surface area contributed by atoms with Gasteiger partial charge in [0.2, 0.25) is 5.91 Å². The standard InChI is InChI=1S/C17H28N2O3/c1-5-9-21-14-8-7-13(11-15(14)22-10-6-2)19-16(20)17(3,4)12-18/h7-8,11H,5-6,9-10,12,18H2,1-4H3,(H,19,20). The van der Waals surface area contributed by atoms with Crippen LogP contribution in [-0.2, 0) is 4.79 Å². The van der Waals surface area contributed by atoms with Crippen molar-refractivity contribution in [2.24, 2.45) is 11.1 Å². The zero-order valence-electron chi connectivity index (χ0n) is 14.1. The van der Waals surface area contributed by atoms with E-state index in [1.54, 1.807) is 6.07 Å². The first-order chi connectivity index (χ1) is 10.4. The number of benzene rings is 1. The van der Waals surface area contributed by atoms with Crippen LogP contribution in [0.2, 0.25) is 0 Å². The topological polar surface area (TPSA) is 73.6 Å². The van der Waals surface area contributed by atoms with Crippen LogP contribution >= 0.6 is 0 Å². The Morgan fingerprint density at radius 3 is 2.27 bits per heavy atom. The molecule has 0 aliphatic heterocycles. The second kappa shape index (κ2) is 8.63. The minimum atomic E-state index is -0.609. The average Bonchev–Trinajstić information content (AvgIpc) is 2.51. The van der Waals surface area contributed by atoms with E-state index in [1.807, 2.05) is 32.9 Å². The van der Waals surface area contributed by atoms with Crippen molar-refractivity contribution < 1.29 is 14.3 Å². The van der Waals surface area contributed by atoms with Crippen LogP contribution < -0.4 is 20.5 Å². The van der Waals surface area contributed by atoms with Crippen molar-refractivity contribution >= 4 is 11.6 Å². The smallest absolute Gasteiger partial charge is 0.231 e. The van der Waals surface area contributed by atoms with Crippen LogP contribution in [0.5, 0.6) is 11.5 Å². The normalized spacial score (nSPS) is 11.1. The number of nitrogens with one attached hydrogen (secondary N) is 1. The number of hydrogen-bond donors (Lipinski definition) is 2. The molecule has 1 amide bonds. The number of carbonyl (C=O) groups excluding carboxylic acids is 1. The van der Waals surface area contributed by atoms with Crippen LogP contribution in [0.4, 0.5) is 5.69 Å². The minimum absolute atomic E-state index is 0.112. The summed E-state index contributed by atoms with van der Waals surface area (Å²) in [6.45, 7) is 9.25. The molecule has 1 aromatic rings. The summed E-state index contributed by atoms with van der Waals surface area (Å²) >= 11 is 0. The molecule has 0 heterocycles. The van der Waals surface area contributed by atoms with E-state index in [2.05, 4.69) is 12.2 Å². The first-order valence-corrected chi connectivity index (χ1v) is 7.85. The van der Waals surface area contributed by atoms with E-state index in [1.165, 1.54) is 0 Å². The van der Waals surface area contributed by atoms with E-state index in [0.717, 1.165) is 12.8 Å². The van der Waals surface area contributed by atoms with Crippen molar-refractivity contribution in [1.29, 1.82) is 0 Å². The summed E-state index contributed by atoms with van der Waals surface area (Å²) in [5, 5.41) is 2.88. The Bertz CT molecular complexity index is 487. The molecular weight excluding hydrogens is 280 g/mol. The van der Waals surface area contributed by atoms with Gasteiger partial charge in [0.25, 0.3) is 0 Å².